The second-order valence-electron chi connectivity index (χ2n) is 7.82. The molecule has 0 radical (unpaired) electrons. The second-order valence-corrected chi connectivity index (χ2v) is 9.53. The number of hydrogen-bond donors (Lipinski definition) is 3. The van der Waals surface area contributed by atoms with E-state index in [9.17, 15) is 9.59 Å². The third kappa shape index (κ3) is 5.71. The van der Waals surface area contributed by atoms with Crippen LogP contribution in [0, 0.1) is 0 Å². The molecule has 0 aliphatic heterocycles. The molecule has 0 fully saturated rings. The minimum absolute atomic E-state index is 0.152. The third-order valence-corrected chi connectivity index (χ3v) is 6.24. The number of halogens is 1. The number of amides is 1. The van der Waals surface area contributed by atoms with Gasteiger partial charge in [-0.05, 0) is 56.1 Å². The minimum Gasteiger partial charge on any atom is -0.382 e. The van der Waals surface area contributed by atoms with Gasteiger partial charge in [0.05, 0.1) is 33.3 Å². The van der Waals surface area contributed by atoms with Crippen LogP contribution in [0.1, 0.15) is 15.4 Å². The Labute approximate surface area is 205 Å². The van der Waals surface area contributed by atoms with E-state index in [2.05, 4.69) is 30.8 Å². The molecular formula is C23H24ClN7O2S. The lowest BCUT2D eigenvalue weighted by atomic mass is 10.1. The first-order valence-corrected chi connectivity index (χ1v) is 11.8. The van der Waals surface area contributed by atoms with Crippen LogP contribution < -0.4 is 16.2 Å². The number of thiophene rings is 1. The standard InChI is InChI=1S/C23H24ClN7O2S/c1-30(2)11-10-25-18-12-15(17-4-3-9-26-22(17)32)5-6-19(18)31-14-16(28-29-31)13-27-23(33)20-7-8-21(24)34-20/h3-9,12,14,25H,10-11,13H2,1-2H3,(H,26,32)(H,27,33). The molecule has 0 aliphatic carbocycles. The van der Waals surface area contributed by atoms with Gasteiger partial charge in [-0.25, -0.2) is 4.68 Å². The Morgan fingerprint density at radius 2 is 2.09 bits per heavy atom. The van der Waals surface area contributed by atoms with Gasteiger partial charge in [-0.2, -0.15) is 0 Å². The summed E-state index contributed by atoms with van der Waals surface area (Å²) in [5, 5.41) is 14.7. The average Bonchev–Trinajstić information content (AvgIpc) is 3.47. The lowest BCUT2D eigenvalue weighted by Gasteiger charge is -2.15. The van der Waals surface area contributed by atoms with Gasteiger partial charge in [0.15, 0.2) is 0 Å². The molecule has 1 aromatic carbocycles. The number of likely N-dealkylation sites (N-methyl/N-ethyl adjacent to an activating group) is 1. The molecule has 3 heterocycles. The predicted molar refractivity (Wildman–Crippen MR) is 135 cm³/mol. The molecule has 0 bridgehead atoms. The van der Waals surface area contributed by atoms with Crippen LogP contribution in [-0.2, 0) is 6.54 Å². The van der Waals surface area contributed by atoms with Crippen molar-refractivity contribution in [2.24, 2.45) is 0 Å². The summed E-state index contributed by atoms with van der Waals surface area (Å²) < 4.78 is 2.21. The van der Waals surface area contributed by atoms with Crippen molar-refractivity contribution in [3.8, 4) is 16.8 Å². The van der Waals surface area contributed by atoms with E-state index < -0.39 is 0 Å². The number of H-pyrrole nitrogens is 1. The van der Waals surface area contributed by atoms with Crippen molar-refractivity contribution in [2.45, 2.75) is 6.54 Å². The van der Waals surface area contributed by atoms with Gasteiger partial charge in [0.1, 0.15) is 5.69 Å². The molecule has 3 N–H and O–H groups in total. The predicted octanol–water partition coefficient (Wildman–Crippen LogP) is 3.24. The molecular weight excluding hydrogens is 474 g/mol. The van der Waals surface area contributed by atoms with Crippen LogP contribution in [0.3, 0.4) is 0 Å². The highest BCUT2D eigenvalue weighted by molar-refractivity contribution is 7.17. The first-order chi connectivity index (χ1) is 16.4. The summed E-state index contributed by atoms with van der Waals surface area (Å²) in [5.74, 6) is -0.213. The van der Waals surface area contributed by atoms with Gasteiger partial charge in [0.25, 0.3) is 11.5 Å². The van der Waals surface area contributed by atoms with Crippen molar-refractivity contribution in [3.05, 3.63) is 80.1 Å². The van der Waals surface area contributed by atoms with E-state index in [0.29, 0.717) is 27.0 Å². The van der Waals surface area contributed by atoms with Crippen LogP contribution in [0.5, 0.6) is 0 Å². The maximum Gasteiger partial charge on any atom is 0.261 e. The summed E-state index contributed by atoms with van der Waals surface area (Å²) in [6.07, 6.45) is 3.38. The molecule has 0 spiro atoms. The number of carbonyl (C=O) groups is 1. The molecule has 34 heavy (non-hydrogen) atoms. The topological polar surface area (TPSA) is 108 Å². The zero-order valence-corrected chi connectivity index (χ0v) is 20.3. The summed E-state index contributed by atoms with van der Waals surface area (Å²) in [6.45, 7) is 1.77. The highest BCUT2D eigenvalue weighted by Crippen LogP contribution is 2.26. The first kappa shape index (κ1) is 23.7. The van der Waals surface area contributed by atoms with E-state index in [1.54, 1.807) is 41.3 Å². The van der Waals surface area contributed by atoms with Crippen LogP contribution in [-0.4, -0.2) is 58.0 Å². The quantitative estimate of drug-likeness (QED) is 0.327. The molecule has 0 atom stereocenters. The van der Waals surface area contributed by atoms with Crippen molar-refractivity contribution >= 4 is 34.5 Å². The summed E-state index contributed by atoms with van der Waals surface area (Å²) in [4.78, 5) is 29.9. The van der Waals surface area contributed by atoms with Crippen LogP contribution >= 0.6 is 22.9 Å². The Morgan fingerprint density at radius 3 is 2.82 bits per heavy atom. The maximum absolute atomic E-state index is 12.3. The van der Waals surface area contributed by atoms with Crippen molar-refractivity contribution in [2.75, 3.05) is 32.5 Å². The number of nitrogens with one attached hydrogen (secondary N) is 3. The van der Waals surface area contributed by atoms with E-state index in [-0.39, 0.29) is 18.0 Å². The van der Waals surface area contributed by atoms with E-state index in [4.69, 9.17) is 11.6 Å². The van der Waals surface area contributed by atoms with Crippen LogP contribution in [0.25, 0.3) is 16.8 Å². The number of aromatic nitrogens is 4. The lowest BCUT2D eigenvalue weighted by Crippen LogP contribution is -2.22. The highest BCUT2D eigenvalue weighted by atomic mass is 35.5. The number of pyridine rings is 1. The van der Waals surface area contributed by atoms with E-state index in [0.717, 1.165) is 23.5 Å². The summed E-state index contributed by atoms with van der Waals surface area (Å²) in [7, 11) is 4.01. The molecule has 0 saturated carbocycles. The van der Waals surface area contributed by atoms with Gasteiger partial charge >= 0.3 is 0 Å². The molecule has 4 rings (SSSR count). The first-order valence-electron chi connectivity index (χ1n) is 10.6. The van der Waals surface area contributed by atoms with Crippen LogP contribution in [0.2, 0.25) is 4.34 Å². The number of nitrogens with zero attached hydrogens (tertiary/aromatic N) is 4. The zero-order chi connectivity index (χ0) is 24.1. The SMILES string of the molecule is CN(C)CCNc1cc(-c2ccc[nH]c2=O)ccc1-n1cc(CNC(=O)c2ccc(Cl)s2)nn1. The van der Waals surface area contributed by atoms with Crippen molar-refractivity contribution in [1.29, 1.82) is 0 Å². The Balaban J connectivity index is 1.56. The van der Waals surface area contributed by atoms with Gasteiger partial charge in [0, 0.05) is 24.8 Å². The van der Waals surface area contributed by atoms with Gasteiger partial charge in [-0.15, -0.1) is 16.4 Å². The normalized spacial score (nSPS) is 11.1. The molecule has 0 aliphatic rings. The smallest absolute Gasteiger partial charge is 0.261 e. The van der Waals surface area contributed by atoms with Gasteiger partial charge in [-0.3, -0.25) is 9.59 Å². The van der Waals surface area contributed by atoms with Gasteiger partial charge in [0.2, 0.25) is 0 Å². The van der Waals surface area contributed by atoms with Gasteiger partial charge < -0.3 is 20.5 Å². The number of aromatic amines is 1. The molecule has 176 valence electrons. The van der Waals surface area contributed by atoms with Crippen molar-refractivity contribution in [1.82, 2.24) is 30.2 Å². The Morgan fingerprint density at radius 1 is 1.24 bits per heavy atom. The molecule has 0 unspecified atom stereocenters. The van der Waals surface area contributed by atoms with Crippen molar-refractivity contribution < 1.29 is 4.79 Å². The third-order valence-electron chi connectivity index (χ3n) is 5.01. The number of rotatable bonds is 9. The molecule has 9 nitrogen and oxygen atoms in total. The van der Waals surface area contributed by atoms with E-state index in [1.807, 2.05) is 32.3 Å². The fourth-order valence-electron chi connectivity index (χ4n) is 3.30. The second kappa shape index (κ2) is 10.6. The molecule has 4 aromatic rings. The Kier molecular flexibility index (Phi) is 7.41. The zero-order valence-electron chi connectivity index (χ0n) is 18.7. The number of anilines is 1. The fraction of sp³-hybridized carbons (Fsp3) is 0.217. The fourth-order valence-corrected chi connectivity index (χ4v) is 4.26. The molecule has 0 saturated heterocycles. The summed E-state index contributed by atoms with van der Waals surface area (Å²) in [6, 6.07) is 12.7. The van der Waals surface area contributed by atoms with Crippen LogP contribution in [0.4, 0.5) is 5.69 Å². The van der Waals surface area contributed by atoms with E-state index in [1.165, 1.54) is 11.3 Å². The monoisotopic (exact) mass is 497 g/mol. The summed E-state index contributed by atoms with van der Waals surface area (Å²) >= 11 is 7.13. The average molecular weight is 498 g/mol. The number of benzene rings is 1. The molecule has 3 aromatic heterocycles. The largest absolute Gasteiger partial charge is 0.382 e. The van der Waals surface area contributed by atoms with Gasteiger partial charge in [-0.1, -0.05) is 22.9 Å². The Hall–Kier alpha value is -3.47. The Bertz CT molecular complexity index is 1340. The van der Waals surface area contributed by atoms with E-state index >= 15 is 0 Å². The molecule has 11 heteroatoms. The maximum atomic E-state index is 12.3. The number of carbonyl (C=O) groups excluding carboxylic acids is 1. The van der Waals surface area contributed by atoms with Crippen molar-refractivity contribution in [3.63, 3.8) is 0 Å². The molecule has 1 amide bonds. The minimum atomic E-state index is -0.213. The highest BCUT2D eigenvalue weighted by Gasteiger charge is 2.13. The lowest BCUT2D eigenvalue weighted by molar-refractivity contribution is 0.0954. The number of hydrogen-bond acceptors (Lipinski definition) is 7. The summed E-state index contributed by atoms with van der Waals surface area (Å²) in [5.41, 5.74) is 3.43. The van der Waals surface area contributed by atoms with Crippen LogP contribution in [0.15, 0.2) is 59.7 Å².